The number of carbonyl (C=O) groups is 2. The molecule has 1 unspecified atom stereocenters. The molecule has 0 aliphatic carbocycles. The average molecular weight is 346 g/mol. The number of amides is 2. The Bertz CT molecular complexity index is 811. The van der Waals surface area contributed by atoms with E-state index in [0.717, 1.165) is 5.56 Å². The molecular formula is C17H16ClN3O3. The minimum Gasteiger partial charge on any atom is -0.464 e. The van der Waals surface area contributed by atoms with Crippen molar-refractivity contribution in [3.05, 3.63) is 53.2 Å². The summed E-state index contributed by atoms with van der Waals surface area (Å²) in [4.78, 5) is 30.7. The van der Waals surface area contributed by atoms with Crippen LogP contribution in [0, 0.1) is 0 Å². The molecule has 0 saturated carbocycles. The van der Waals surface area contributed by atoms with Gasteiger partial charge in [-0.2, -0.15) is 0 Å². The summed E-state index contributed by atoms with van der Waals surface area (Å²) in [5, 5.41) is 3.26. The lowest BCUT2D eigenvalue weighted by atomic mass is 10.0. The molecule has 1 aromatic carbocycles. The zero-order chi connectivity index (χ0) is 17.3. The molecule has 0 fully saturated rings. The molecule has 6 nitrogen and oxygen atoms in total. The van der Waals surface area contributed by atoms with Crippen LogP contribution < -0.4 is 15.0 Å². The number of carbonyl (C=O) groups excluding carboxylic acids is 2. The van der Waals surface area contributed by atoms with Crippen LogP contribution in [0.3, 0.4) is 0 Å². The fourth-order valence-electron chi connectivity index (χ4n) is 2.52. The van der Waals surface area contributed by atoms with E-state index in [1.54, 1.807) is 37.5 Å². The van der Waals surface area contributed by atoms with Gasteiger partial charge in [0.1, 0.15) is 0 Å². The zero-order valence-corrected chi connectivity index (χ0v) is 14.0. The third-order valence-electron chi connectivity index (χ3n) is 3.93. The van der Waals surface area contributed by atoms with Crippen LogP contribution in [0.25, 0.3) is 0 Å². The number of rotatable bonds is 3. The monoisotopic (exact) mass is 345 g/mol. The number of fused-ring (bicyclic) bond motifs is 1. The number of benzene rings is 1. The Balaban J connectivity index is 1.81. The van der Waals surface area contributed by atoms with Gasteiger partial charge >= 0.3 is 0 Å². The van der Waals surface area contributed by atoms with Crippen LogP contribution in [0.15, 0.2) is 42.6 Å². The van der Waals surface area contributed by atoms with Crippen LogP contribution in [-0.4, -0.2) is 29.4 Å². The number of aromatic nitrogens is 1. The number of pyridine rings is 1. The summed E-state index contributed by atoms with van der Waals surface area (Å²) in [7, 11) is 1.57. The van der Waals surface area contributed by atoms with Crippen molar-refractivity contribution in [3.63, 3.8) is 0 Å². The first-order valence-corrected chi connectivity index (χ1v) is 7.75. The Morgan fingerprint density at radius 2 is 2.08 bits per heavy atom. The van der Waals surface area contributed by atoms with Crippen molar-refractivity contribution in [2.24, 2.45) is 0 Å². The number of hydrogen-bond donors (Lipinski definition) is 1. The predicted molar refractivity (Wildman–Crippen MR) is 90.0 cm³/mol. The average Bonchev–Trinajstić information content (AvgIpc) is 2.59. The summed E-state index contributed by atoms with van der Waals surface area (Å²) in [5.74, 6) is -0.243. The Kier molecular flexibility index (Phi) is 4.15. The van der Waals surface area contributed by atoms with Crippen LogP contribution >= 0.6 is 11.6 Å². The number of halogens is 1. The third-order valence-corrected chi connectivity index (χ3v) is 4.29. The highest BCUT2D eigenvalue weighted by molar-refractivity contribution is 6.31. The maximum absolute atomic E-state index is 12.6. The lowest BCUT2D eigenvalue weighted by Gasteiger charge is -2.36. The van der Waals surface area contributed by atoms with E-state index < -0.39 is 17.4 Å². The summed E-state index contributed by atoms with van der Waals surface area (Å²) < 4.78 is 5.68. The molecule has 2 amide bonds. The van der Waals surface area contributed by atoms with Crippen molar-refractivity contribution in [1.82, 2.24) is 10.3 Å². The third kappa shape index (κ3) is 2.69. The Morgan fingerprint density at radius 3 is 2.83 bits per heavy atom. The minimum atomic E-state index is -1.66. The van der Waals surface area contributed by atoms with Gasteiger partial charge in [0.2, 0.25) is 0 Å². The van der Waals surface area contributed by atoms with E-state index in [0.29, 0.717) is 16.6 Å². The van der Waals surface area contributed by atoms with Gasteiger partial charge < -0.3 is 10.1 Å². The van der Waals surface area contributed by atoms with Gasteiger partial charge in [0.05, 0.1) is 0 Å². The number of likely N-dealkylation sites (N-methyl/N-ethyl adjacent to an activating group) is 1. The molecule has 2 aromatic rings. The molecule has 1 N–H and O–H groups in total. The first-order chi connectivity index (χ1) is 11.4. The largest absolute Gasteiger partial charge is 0.464 e. The second-order valence-electron chi connectivity index (χ2n) is 5.60. The van der Waals surface area contributed by atoms with E-state index in [1.807, 2.05) is 12.1 Å². The van der Waals surface area contributed by atoms with Crippen molar-refractivity contribution >= 4 is 29.2 Å². The molecule has 1 aliphatic heterocycles. The van der Waals surface area contributed by atoms with Crippen LogP contribution in [-0.2, 0) is 16.1 Å². The summed E-state index contributed by atoms with van der Waals surface area (Å²) in [5.41, 5.74) is -0.902. The molecule has 3 rings (SSSR count). The van der Waals surface area contributed by atoms with Gasteiger partial charge in [-0.25, -0.2) is 4.98 Å². The molecular weight excluding hydrogens is 330 g/mol. The lowest BCUT2D eigenvalue weighted by molar-refractivity contribution is -0.148. The summed E-state index contributed by atoms with van der Waals surface area (Å²) in [6.07, 6.45) is 1.56. The van der Waals surface area contributed by atoms with E-state index in [1.165, 1.54) is 11.8 Å². The summed E-state index contributed by atoms with van der Waals surface area (Å²) in [6, 6.07) is 10.5. The van der Waals surface area contributed by atoms with Crippen molar-refractivity contribution in [1.29, 1.82) is 0 Å². The molecule has 1 aromatic heterocycles. The van der Waals surface area contributed by atoms with E-state index in [9.17, 15) is 9.59 Å². The number of ether oxygens (including phenoxy) is 1. The van der Waals surface area contributed by atoms with E-state index in [4.69, 9.17) is 16.3 Å². The van der Waals surface area contributed by atoms with Crippen LogP contribution in [0.1, 0.15) is 12.5 Å². The molecule has 7 heteroatoms. The van der Waals surface area contributed by atoms with Gasteiger partial charge in [-0.3, -0.25) is 14.5 Å². The molecule has 1 aliphatic rings. The molecule has 0 bridgehead atoms. The van der Waals surface area contributed by atoms with Crippen molar-refractivity contribution < 1.29 is 14.3 Å². The SMILES string of the molecule is CN1C(=O)C(C)(C(=O)NCc2ccccc2Cl)Oc2cccnc21. The van der Waals surface area contributed by atoms with Crippen molar-refractivity contribution in [2.75, 3.05) is 11.9 Å². The predicted octanol–water partition coefficient (Wildman–Crippen LogP) is 2.17. The van der Waals surface area contributed by atoms with E-state index in [-0.39, 0.29) is 6.54 Å². The number of anilines is 1. The van der Waals surface area contributed by atoms with Gasteiger partial charge in [0.25, 0.3) is 17.4 Å². The maximum atomic E-state index is 12.6. The number of nitrogens with zero attached hydrogens (tertiary/aromatic N) is 2. The standard InChI is InChI=1S/C17H16ClN3O3/c1-17(15(22)20-10-11-6-3-4-7-12(11)18)16(23)21(2)14-13(24-17)8-5-9-19-14/h3-9H,10H2,1-2H3,(H,20,22). The highest BCUT2D eigenvalue weighted by atomic mass is 35.5. The smallest absolute Gasteiger partial charge is 0.281 e. The lowest BCUT2D eigenvalue weighted by Crippen LogP contribution is -2.61. The first-order valence-electron chi connectivity index (χ1n) is 7.37. The number of hydrogen-bond acceptors (Lipinski definition) is 4. The Labute approximate surface area is 144 Å². The highest BCUT2D eigenvalue weighted by Gasteiger charge is 2.50. The van der Waals surface area contributed by atoms with Crippen molar-refractivity contribution in [3.8, 4) is 5.75 Å². The van der Waals surface area contributed by atoms with Gasteiger partial charge in [-0.05, 0) is 30.7 Å². The minimum absolute atomic E-state index is 0.203. The van der Waals surface area contributed by atoms with Crippen LogP contribution in [0.4, 0.5) is 5.82 Å². The molecule has 1 atom stereocenters. The van der Waals surface area contributed by atoms with Gasteiger partial charge in [-0.15, -0.1) is 0 Å². The van der Waals surface area contributed by atoms with Crippen LogP contribution in [0.5, 0.6) is 5.75 Å². The number of nitrogens with one attached hydrogen (secondary N) is 1. The van der Waals surface area contributed by atoms with Gasteiger partial charge in [-0.1, -0.05) is 29.8 Å². The molecule has 0 saturated heterocycles. The Hall–Kier alpha value is -2.60. The summed E-state index contributed by atoms with van der Waals surface area (Å²) in [6.45, 7) is 1.65. The summed E-state index contributed by atoms with van der Waals surface area (Å²) >= 11 is 6.08. The Morgan fingerprint density at radius 1 is 1.33 bits per heavy atom. The molecule has 124 valence electrons. The van der Waals surface area contributed by atoms with Gasteiger partial charge in [0.15, 0.2) is 11.6 Å². The molecule has 0 radical (unpaired) electrons. The van der Waals surface area contributed by atoms with E-state index >= 15 is 0 Å². The zero-order valence-electron chi connectivity index (χ0n) is 13.2. The molecule has 2 heterocycles. The van der Waals surface area contributed by atoms with Crippen LogP contribution in [0.2, 0.25) is 5.02 Å². The quantitative estimate of drug-likeness (QED) is 0.865. The van der Waals surface area contributed by atoms with Gasteiger partial charge in [0, 0.05) is 24.8 Å². The molecule has 0 spiro atoms. The fourth-order valence-corrected chi connectivity index (χ4v) is 2.73. The first kappa shape index (κ1) is 16.3. The second-order valence-corrected chi connectivity index (χ2v) is 6.01. The maximum Gasteiger partial charge on any atom is 0.281 e. The second kappa shape index (κ2) is 6.13. The normalized spacial score (nSPS) is 19.5. The fraction of sp³-hybridized carbons (Fsp3) is 0.235. The van der Waals surface area contributed by atoms with E-state index in [2.05, 4.69) is 10.3 Å². The highest BCUT2D eigenvalue weighted by Crippen LogP contribution is 2.35. The molecule has 24 heavy (non-hydrogen) atoms. The van der Waals surface area contributed by atoms with Crippen molar-refractivity contribution in [2.45, 2.75) is 19.1 Å². The topological polar surface area (TPSA) is 71.5 Å².